The number of fused-ring (bicyclic) bond motifs is 4. The van der Waals surface area contributed by atoms with Crippen LogP contribution in [0.1, 0.15) is 106 Å². The summed E-state index contributed by atoms with van der Waals surface area (Å²) in [5, 5.41) is 19.9. The molecule has 0 aromatic rings. The number of ketones is 1. The molecule has 0 radical (unpaired) electrons. The molecule has 0 aliphatic heterocycles. The number of aliphatic carboxylic acids is 1. The Hall–Kier alpha value is -1.42. The molecule has 0 spiro atoms. The van der Waals surface area contributed by atoms with Gasteiger partial charge in [-0.15, -0.1) is 0 Å². The van der Waals surface area contributed by atoms with E-state index in [0.29, 0.717) is 35.5 Å². The van der Waals surface area contributed by atoms with E-state index in [2.05, 4.69) is 41.5 Å². The number of carbonyl (C=O) groups is 2. The standard InChI is InChI=1S/C30H46O4/c1-18(9-8-10-19(2)26(33)34)20-13-16-29(6)21-11-12-23-27(3,4)24(32)14-15-28(23,5)25(21)22(31)17-30(20,29)7/h10,18,20,23-24,32H,8-9,11-17H2,1-7H3,(H,33,34)/b19-10+/t18-,20-,23+,24+,28+,29+,30-/m1/s1. The summed E-state index contributed by atoms with van der Waals surface area (Å²) >= 11 is 0. The van der Waals surface area contributed by atoms with E-state index in [0.717, 1.165) is 56.9 Å². The first-order valence-electron chi connectivity index (χ1n) is 13.6. The van der Waals surface area contributed by atoms with Gasteiger partial charge in [0, 0.05) is 17.6 Å². The lowest BCUT2D eigenvalue weighted by molar-refractivity contribution is -0.133. The fourth-order valence-electron chi connectivity index (χ4n) is 9.29. The highest BCUT2D eigenvalue weighted by Crippen LogP contribution is 2.71. The lowest BCUT2D eigenvalue weighted by atomic mass is 9.43. The molecule has 2 fully saturated rings. The first-order chi connectivity index (χ1) is 15.7. The monoisotopic (exact) mass is 470 g/mol. The van der Waals surface area contributed by atoms with E-state index < -0.39 is 5.97 Å². The van der Waals surface area contributed by atoms with Gasteiger partial charge in [-0.05, 0) is 97.7 Å². The largest absolute Gasteiger partial charge is 0.478 e. The molecule has 4 heteroatoms. The highest BCUT2D eigenvalue weighted by Gasteiger charge is 2.65. The van der Waals surface area contributed by atoms with Crippen LogP contribution >= 0.6 is 0 Å². The van der Waals surface area contributed by atoms with Gasteiger partial charge in [0.15, 0.2) is 5.78 Å². The molecule has 0 bridgehead atoms. The minimum Gasteiger partial charge on any atom is -0.478 e. The summed E-state index contributed by atoms with van der Waals surface area (Å²) in [5.41, 5.74) is 2.74. The first-order valence-corrected chi connectivity index (χ1v) is 13.6. The molecule has 4 aliphatic rings. The Morgan fingerprint density at radius 2 is 1.79 bits per heavy atom. The quantitative estimate of drug-likeness (QED) is 0.437. The smallest absolute Gasteiger partial charge is 0.330 e. The van der Waals surface area contributed by atoms with E-state index in [1.807, 2.05) is 6.08 Å². The van der Waals surface area contributed by atoms with Crippen molar-refractivity contribution in [2.45, 2.75) is 112 Å². The molecule has 7 atom stereocenters. The zero-order valence-corrected chi connectivity index (χ0v) is 22.5. The maximum Gasteiger partial charge on any atom is 0.330 e. The molecule has 0 aromatic carbocycles. The Morgan fingerprint density at radius 3 is 2.44 bits per heavy atom. The van der Waals surface area contributed by atoms with Crippen molar-refractivity contribution in [3.8, 4) is 0 Å². The maximum absolute atomic E-state index is 14.0. The lowest BCUT2D eigenvalue weighted by Gasteiger charge is -2.61. The van der Waals surface area contributed by atoms with Crippen LogP contribution in [0.25, 0.3) is 0 Å². The molecule has 0 saturated heterocycles. The van der Waals surface area contributed by atoms with Crippen LogP contribution in [0.4, 0.5) is 0 Å². The van der Waals surface area contributed by atoms with E-state index in [-0.39, 0.29) is 27.8 Å². The zero-order valence-electron chi connectivity index (χ0n) is 22.5. The predicted octanol–water partition coefficient (Wildman–Crippen LogP) is 6.72. The van der Waals surface area contributed by atoms with Crippen LogP contribution < -0.4 is 0 Å². The third kappa shape index (κ3) is 3.49. The van der Waals surface area contributed by atoms with E-state index in [9.17, 15) is 14.7 Å². The molecular weight excluding hydrogens is 424 g/mol. The Morgan fingerprint density at radius 1 is 1.12 bits per heavy atom. The Bertz CT molecular complexity index is 941. The fourth-order valence-corrected chi connectivity index (χ4v) is 9.29. The topological polar surface area (TPSA) is 74.6 Å². The third-order valence-electron chi connectivity index (χ3n) is 11.6. The number of allylic oxidation sites excluding steroid dienone is 3. The van der Waals surface area contributed by atoms with Gasteiger partial charge < -0.3 is 10.2 Å². The molecule has 4 aliphatic carbocycles. The summed E-state index contributed by atoms with van der Waals surface area (Å²) in [6.45, 7) is 15.5. The van der Waals surface area contributed by atoms with Crippen molar-refractivity contribution in [3.63, 3.8) is 0 Å². The molecule has 0 aromatic heterocycles. The zero-order chi connectivity index (χ0) is 25.3. The second-order valence-corrected chi connectivity index (χ2v) is 13.5. The van der Waals surface area contributed by atoms with Crippen LogP contribution in [0.15, 0.2) is 22.8 Å². The Kier molecular flexibility index (Phi) is 6.28. The van der Waals surface area contributed by atoms with Crippen molar-refractivity contribution in [1.29, 1.82) is 0 Å². The van der Waals surface area contributed by atoms with Crippen LogP contribution in [-0.2, 0) is 9.59 Å². The van der Waals surface area contributed by atoms with Crippen molar-refractivity contribution >= 4 is 11.8 Å². The molecule has 2 N–H and O–H groups in total. The molecule has 190 valence electrons. The molecule has 4 nitrogen and oxygen atoms in total. The van der Waals surface area contributed by atoms with Crippen molar-refractivity contribution < 1.29 is 19.8 Å². The number of carbonyl (C=O) groups excluding carboxylic acids is 1. The molecule has 2 saturated carbocycles. The highest BCUT2D eigenvalue weighted by atomic mass is 16.4. The second kappa shape index (κ2) is 8.32. The van der Waals surface area contributed by atoms with Gasteiger partial charge in [-0.2, -0.15) is 0 Å². The van der Waals surface area contributed by atoms with E-state index in [4.69, 9.17) is 5.11 Å². The van der Waals surface area contributed by atoms with Crippen LogP contribution in [0.2, 0.25) is 0 Å². The highest BCUT2D eigenvalue weighted by molar-refractivity contribution is 6.00. The number of rotatable bonds is 5. The van der Waals surface area contributed by atoms with Gasteiger partial charge in [0.1, 0.15) is 0 Å². The summed E-state index contributed by atoms with van der Waals surface area (Å²) in [7, 11) is 0. The maximum atomic E-state index is 14.0. The first kappa shape index (κ1) is 25.7. The molecule has 0 unspecified atom stereocenters. The number of carboxylic acid groups (broad SMARTS) is 1. The number of hydrogen-bond donors (Lipinski definition) is 2. The normalized spacial score (nSPS) is 42.6. The van der Waals surface area contributed by atoms with Crippen LogP contribution in [-0.4, -0.2) is 28.1 Å². The van der Waals surface area contributed by atoms with E-state index in [1.165, 1.54) is 5.57 Å². The minimum atomic E-state index is -0.840. The van der Waals surface area contributed by atoms with Gasteiger partial charge >= 0.3 is 5.97 Å². The van der Waals surface area contributed by atoms with Crippen LogP contribution in [0, 0.1) is 39.4 Å². The van der Waals surface area contributed by atoms with Gasteiger partial charge in [-0.1, -0.05) is 53.2 Å². The molecule has 0 amide bonds. The summed E-state index contributed by atoms with van der Waals surface area (Å²) in [6, 6.07) is 0. The minimum absolute atomic E-state index is 0.0409. The fraction of sp³-hybridized carbons (Fsp3) is 0.800. The number of carboxylic acids is 1. The Labute approximate surface area is 206 Å². The number of aliphatic hydroxyl groups excluding tert-OH is 1. The summed E-state index contributed by atoms with van der Waals surface area (Å²) < 4.78 is 0. The van der Waals surface area contributed by atoms with Gasteiger partial charge in [0.2, 0.25) is 0 Å². The molecule has 34 heavy (non-hydrogen) atoms. The average molecular weight is 471 g/mol. The molecule has 4 rings (SSSR count). The molecular formula is C30H46O4. The van der Waals surface area contributed by atoms with Crippen molar-refractivity contribution in [1.82, 2.24) is 0 Å². The Balaban J connectivity index is 1.66. The number of hydrogen-bond acceptors (Lipinski definition) is 3. The summed E-state index contributed by atoms with van der Waals surface area (Å²) in [5.74, 6) is 0.808. The average Bonchev–Trinajstić information content (AvgIpc) is 3.02. The van der Waals surface area contributed by atoms with Crippen molar-refractivity contribution in [3.05, 3.63) is 22.8 Å². The van der Waals surface area contributed by atoms with E-state index in [1.54, 1.807) is 6.92 Å². The van der Waals surface area contributed by atoms with Crippen molar-refractivity contribution in [2.75, 3.05) is 0 Å². The van der Waals surface area contributed by atoms with Gasteiger partial charge in [0.25, 0.3) is 0 Å². The SMILES string of the molecule is C/C(=C\CC[C@@H](C)[C@H]1CC[C@@]2(C)C3=C(C(=O)C[C@]12C)[C@@]1(C)CC[C@H](O)C(C)(C)[C@@H]1CC3)C(=O)O. The predicted molar refractivity (Wildman–Crippen MR) is 135 cm³/mol. The summed E-state index contributed by atoms with van der Waals surface area (Å²) in [4.78, 5) is 25.2. The second-order valence-electron chi connectivity index (χ2n) is 13.5. The van der Waals surface area contributed by atoms with Gasteiger partial charge in [-0.25, -0.2) is 4.79 Å². The molecule has 0 heterocycles. The lowest BCUT2D eigenvalue weighted by Crippen LogP contribution is -2.57. The van der Waals surface area contributed by atoms with Crippen LogP contribution in [0.5, 0.6) is 0 Å². The third-order valence-corrected chi connectivity index (χ3v) is 11.6. The van der Waals surface area contributed by atoms with Gasteiger partial charge in [-0.3, -0.25) is 4.79 Å². The van der Waals surface area contributed by atoms with Gasteiger partial charge in [0.05, 0.1) is 6.10 Å². The number of aliphatic hydroxyl groups is 1. The van der Waals surface area contributed by atoms with E-state index >= 15 is 0 Å². The van der Waals surface area contributed by atoms with Crippen molar-refractivity contribution in [2.24, 2.45) is 39.4 Å². The summed E-state index contributed by atoms with van der Waals surface area (Å²) in [6.07, 6.45) is 9.97. The number of Topliss-reactive ketones (excluding diaryl/α,β-unsaturated/α-hetero) is 1. The van der Waals surface area contributed by atoms with Crippen LogP contribution in [0.3, 0.4) is 0 Å².